The highest BCUT2D eigenvalue weighted by Crippen LogP contribution is 2.29. The molecule has 5 heteroatoms. The van der Waals surface area contributed by atoms with Crippen LogP contribution in [0.4, 0.5) is 14.5 Å². The van der Waals surface area contributed by atoms with E-state index in [0.717, 1.165) is 0 Å². The normalized spacial score (nSPS) is 9.62. The Kier molecular flexibility index (Phi) is 5.25. The highest BCUT2D eigenvalue weighted by molar-refractivity contribution is 9.10. The van der Waals surface area contributed by atoms with Gasteiger partial charge in [-0.3, -0.25) is 0 Å². The Hall–Kier alpha value is -0.350. The minimum Gasteiger partial charge on any atom is -0.388 e. The van der Waals surface area contributed by atoms with Crippen LogP contribution in [0.2, 0.25) is 0 Å². The van der Waals surface area contributed by atoms with Gasteiger partial charge in [-0.05, 0) is 18.2 Å². The van der Waals surface area contributed by atoms with Crippen molar-refractivity contribution in [1.82, 2.24) is 0 Å². The van der Waals surface area contributed by atoms with Gasteiger partial charge >= 0.3 is 0 Å². The van der Waals surface area contributed by atoms with Gasteiger partial charge in [0.25, 0.3) is 6.43 Å². The predicted octanol–water partition coefficient (Wildman–Crippen LogP) is 3.85. The Morgan fingerprint density at radius 3 is 2.46 bits per heavy atom. The van der Waals surface area contributed by atoms with E-state index < -0.39 is 6.43 Å². The summed E-state index contributed by atoms with van der Waals surface area (Å²) >= 11 is 3.13. The molecule has 0 bridgehead atoms. The standard InChI is InChI=1S/C8H8BrF2N.ClH/c1-12-7-3-2-5(9)4-6(7)8(10)11;/h2-4,8,12H,1H3;1H. The fraction of sp³-hybridized carbons (Fsp3) is 0.250. The minimum absolute atomic E-state index is 0. The molecule has 1 rings (SSSR count). The minimum atomic E-state index is -2.44. The van der Waals surface area contributed by atoms with Crippen molar-refractivity contribution in [3.05, 3.63) is 28.2 Å². The second kappa shape index (κ2) is 5.40. The molecule has 0 spiro atoms. The summed E-state index contributed by atoms with van der Waals surface area (Å²) in [6.45, 7) is 0. The summed E-state index contributed by atoms with van der Waals surface area (Å²) in [5.41, 5.74) is 0.486. The molecule has 0 unspecified atom stereocenters. The van der Waals surface area contributed by atoms with Crippen LogP contribution >= 0.6 is 28.3 Å². The Morgan fingerprint density at radius 2 is 2.00 bits per heavy atom. The third-order valence-electron chi connectivity index (χ3n) is 1.52. The summed E-state index contributed by atoms with van der Waals surface area (Å²) in [5, 5.41) is 2.70. The van der Waals surface area contributed by atoms with Gasteiger partial charge in [0.15, 0.2) is 0 Å². The van der Waals surface area contributed by atoms with Gasteiger partial charge in [-0.25, -0.2) is 8.78 Å². The zero-order chi connectivity index (χ0) is 9.14. The maximum absolute atomic E-state index is 12.3. The molecule has 0 atom stereocenters. The number of hydrogen-bond acceptors (Lipinski definition) is 1. The van der Waals surface area contributed by atoms with E-state index >= 15 is 0 Å². The van der Waals surface area contributed by atoms with Gasteiger partial charge < -0.3 is 5.32 Å². The van der Waals surface area contributed by atoms with Crippen LogP contribution in [0.25, 0.3) is 0 Å². The van der Waals surface area contributed by atoms with E-state index in [9.17, 15) is 8.78 Å². The van der Waals surface area contributed by atoms with Gasteiger partial charge in [-0.1, -0.05) is 15.9 Å². The largest absolute Gasteiger partial charge is 0.388 e. The molecule has 0 fully saturated rings. The van der Waals surface area contributed by atoms with Crippen LogP contribution in [0.15, 0.2) is 22.7 Å². The van der Waals surface area contributed by atoms with Crippen LogP contribution in [0.3, 0.4) is 0 Å². The molecule has 1 aromatic rings. The summed E-state index contributed by atoms with van der Waals surface area (Å²) in [7, 11) is 1.62. The van der Waals surface area contributed by atoms with Gasteiger partial charge in [0.05, 0.1) is 0 Å². The maximum atomic E-state index is 12.3. The van der Waals surface area contributed by atoms with E-state index in [1.165, 1.54) is 6.07 Å². The lowest BCUT2D eigenvalue weighted by atomic mass is 10.2. The number of hydrogen-bond donors (Lipinski definition) is 1. The number of benzene rings is 1. The lowest BCUT2D eigenvalue weighted by Gasteiger charge is -2.07. The summed E-state index contributed by atoms with van der Waals surface area (Å²) in [6, 6.07) is 4.75. The topological polar surface area (TPSA) is 12.0 Å². The molecule has 0 saturated heterocycles. The van der Waals surface area contributed by atoms with Crippen LogP contribution in [-0.2, 0) is 0 Å². The lowest BCUT2D eigenvalue weighted by molar-refractivity contribution is 0.152. The number of halogens is 4. The summed E-state index contributed by atoms with van der Waals surface area (Å²) in [5.74, 6) is 0. The first-order valence-electron chi connectivity index (χ1n) is 3.40. The van der Waals surface area contributed by atoms with Gasteiger partial charge in [0, 0.05) is 22.8 Å². The number of alkyl halides is 2. The van der Waals surface area contributed by atoms with Gasteiger partial charge in [0.1, 0.15) is 0 Å². The average Bonchev–Trinajstić information content (AvgIpc) is 2.04. The van der Waals surface area contributed by atoms with Crippen molar-refractivity contribution in [2.75, 3.05) is 12.4 Å². The molecule has 0 aliphatic heterocycles. The molecule has 0 aliphatic rings. The summed E-state index contributed by atoms with van der Waals surface area (Å²) in [6.07, 6.45) is -2.44. The molecule has 0 radical (unpaired) electrons. The Bertz CT molecular complexity index is 281. The second-order valence-electron chi connectivity index (χ2n) is 2.28. The smallest absolute Gasteiger partial charge is 0.265 e. The molecule has 0 aromatic heterocycles. The number of anilines is 1. The van der Waals surface area contributed by atoms with E-state index in [0.29, 0.717) is 10.2 Å². The first kappa shape index (κ1) is 12.7. The molecule has 1 aromatic carbocycles. The average molecular weight is 273 g/mol. The summed E-state index contributed by atoms with van der Waals surface area (Å²) in [4.78, 5) is 0. The van der Waals surface area contributed by atoms with Crippen molar-refractivity contribution < 1.29 is 8.78 Å². The van der Waals surface area contributed by atoms with Crippen molar-refractivity contribution in [3.8, 4) is 0 Å². The highest BCUT2D eigenvalue weighted by Gasteiger charge is 2.11. The molecule has 0 aliphatic carbocycles. The zero-order valence-electron chi connectivity index (χ0n) is 6.85. The van der Waals surface area contributed by atoms with Crippen LogP contribution in [-0.4, -0.2) is 7.05 Å². The van der Waals surface area contributed by atoms with Crippen LogP contribution < -0.4 is 5.32 Å². The van der Waals surface area contributed by atoms with Crippen molar-refractivity contribution in [3.63, 3.8) is 0 Å². The van der Waals surface area contributed by atoms with E-state index in [4.69, 9.17) is 0 Å². The summed E-state index contributed by atoms with van der Waals surface area (Å²) < 4.78 is 25.3. The lowest BCUT2D eigenvalue weighted by Crippen LogP contribution is -1.95. The highest BCUT2D eigenvalue weighted by atomic mass is 79.9. The fourth-order valence-corrected chi connectivity index (χ4v) is 1.32. The Labute approximate surface area is 90.1 Å². The third kappa shape index (κ3) is 3.12. The maximum Gasteiger partial charge on any atom is 0.265 e. The van der Waals surface area contributed by atoms with E-state index in [-0.39, 0.29) is 18.0 Å². The molecule has 0 heterocycles. The Balaban J connectivity index is 0.00000144. The molecular formula is C8H9BrClF2N. The third-order valence-corrected chi connectivity index (χ3v) is 2.01. The zero-order valence-corrected chi connectivity index (χ0v) is 9.25. The van der Waals surface area contributed by atoms with Crippen LogP contribution in [0, 0.1) is 0 Å². The van der Waals surface area contributed by atoms with Crippen molar-refractivity contribution in [2.45, 2.75) is 6.43 Å². The van der Waals surface area contributed by atoms with E-state index in [1.807, 2.05) is 0 Å². The first-order chi connectivity index (χ1) is 5.65. The van der Waals surface area contributed by atoms with Crippen molar-refractivity contribution in [1.29, 1.82) is 0 Å². The number of rotatable bonds is 2. The molecular weight excluding hydrogens is 263 g/mol. The second-order valence-corrected chi connectivity index (χ2v) is 3.20. The monoisotopic (exact) mass is 271 g/mol. The van der Waals surface area contributed by atoms with Crippen molar-refractivity contribution >= 4 is 34.0 Å². The molecule has 74 valence electrons. The predicted molar refractivity (Wildman–Crippen MR) is 55.9 cm³/mol. The van der Waals surface area contributed by atoms with E-state index in [2.05, 4.69) is 21.2 Å². The molecule has 1 N–H and O–H groups in total. The first-order valence-corrected chi connectivity index (χ1v) is 4.20. The van der Waals surface area contributed by atoms with Crippen LogP contribution in [0.5, 0.6) is 0 Å². The molecule has 1 nitrogen and oxygen atoms in total. The van der Waals surface area contributed by atoms with Gasteiger partial charge in [-0.15, -0.1) is 12.4 Å². The molecule has 0 amide bonds. The fourth-order valence-electron chi connectivity index (χ4n) is 0.942. The van der Waals surface area contributed by atoms with E-state index in [1.54, 1.807) is 19.2 Å². The molecule has 0 saturated carbocycles. The number of nitrogens with one attached hydrogen (secondary N) is 1. The molecule has 13 heavy (non-hydrogen) atoms. The van der Waals surface area contributed by atoms with Gasteiger partial charge in [-0.2, -0.15) is 0 Å². The van der Waals surface area contributed by atoms with Crippen LogP contribution in [0.1, 0.15) is 12.0 Å². The van der Waals surface area contributed by atoms with Gasteiger partial charge in [0.2, 0.25) is 0 Å². The van der Waals surface area contributed by atoms with Crippen molar-refractivity contribution in [2.24, 2.45) is 0 Å². The SMILES string of the molecule is CNc1ccc(Br)cc1C(F)F.Cl. The quantitative estimate of drug-likeness (QED) is 0.862. The Morgan fingerprint density at radius 1 is 1.38 bits per heavy atom.